The van der Waals surface area contributed by atoms with Gasteiger partial charge in [-0.3, -0.25) is 4.79 Å². The van der Waals surface area contributed by atoms with E-state index in [4.69, 9.17) is 10.5 Å². The summed E-state index contributed by atoms with van der Waals surface area (Å²) >= 11 is 0. The van der Waals surface area contributed by atoms with Crippen LogP contribution in [0.5, 0.6) is 11.5 Å². The van der Waals surface area contributed by atoms with Gasteiger partial charge in [0.15, 0.2) is 5.75 Å². The third-order valence-electron chi connectivity index (χ3n) is 2.98. The highest BCUT2D eigenvalue weighted by Gasteiger charge is 2.10. The maximum atomic E-state index is 11.8. The summed E-state index contributed by atoms with van der Waals surface area (Å²) in [7, 11) is 0. The Balaban J connectivity index is 2.31. The molecule has 0 atom stereocenters. The van der Waals surface area contributed by atoms with Crippen LogP contribution in [-0.4, -0.2) is 17.6 Å². The molecule has 0 aliphatic rings. The summed E-state index contributed by atoms with van der Waals surface area (Å²) in [6, 6.07) is 12.0. The predicted molar refractivity (Wildman–Crippen MR) is 81.3 cm³/mol. The molecule has 110 valence electrons. The second kappa shape index (κ2) is 6.76. The van der Waals surface area contributed by atoms with Crippen molar-refractivity contribution in [3.8, 4) is 11.5 Å². The van der Waals surface area contributed by atoms with E-state index in [1.165, 1.54) is 0 Å². The summed E-state index contributed by atoms with van der Waals surface area (Å²) in [6.45, 7) is 2.27. The molecule has 0 aliphatic heterocycles. The van der Waals surface area contributed by atoms with E-state index in [9.17, 15) is 9.90 Å². The van der Waals surface area contributed by atoms with Crippen LogP contribution in [0.25, 0.3) is 0 Å². The number of nitrogens with two attached hydrogens (primary N) is 1. The molecule has 21 heavy (non-hydrogen) atoms. The number of hydrogen-bond donors (Lipinski definition) is 3. The predicted octanol–water partition coefficient (Wildman–Crippen LogP) is 2.30. The third-order valence-corrected chi connectivity index (χ3v) is 2.98. The Morgan fingerprint density at radius 1 is 1.24 bits per heavy atom. The van der Waals surface area contributed by atoms with Crippen molar-refractivity contribution < 1.29 is 14.6 Å². The van der Waals surface area contributed by atoms with E-state index >= 15 is 0 Å². The second-order valence-electron chi connectivity index (χ2n) is 4.48. The van der Waals surface area contributed by atoms with Crippen molar-refractivity contribution in [2.24, 2.45) is 0 Å². The molecular weight excluding hydrogens is 268 g/mol. The topological polar surface area (TPSA) is 84.6 Å². The summed E-state index contributed by atoms with van der Waals surface area (Å²) in [6.07, 6.45) is 0. The van der Waals surface area contributed by atoms with Crippen LogP contribution in [0.15, 0.2) is 42.5 Å². The fourth-order valence-electron chi connectivity index (χ4n) is 1.88. The molecule has 1 amide bonds. The molecule has 0 aromatic heterocycles. The second-order valence-corrected chi connectivity index (χ2v) is 4.48. The van der Waals surface area contributed by atoms with Crippen LogP contribution < -0.4 is 15.8 Å². The first-order chi connectivity index (χ1) is 10.2. The van der Waals surface area contributed by atoms with E-state index in [2.05, 4.69) is 5.32 Å². The molecule has 0 unspecified atom stereocenters. The van der Waals surface area contributed by atoms with Gasteiger partial charge in [-0.2, -0.15) is 0 Å². The van der Waals surface area contributed by atoms with Gasteiger partial charge in [-0.15, -0.1) is 0 Å². The lowest BCUT2D eigenvalue weighted by Gasteiger charge is -2.12. The molecule has 0 heterocycles. The Hall–Kier alpha value is -2.53. The molecule has 0 saturated heterocycles. The first kappa shape index (κ1) is 14.9. The first-order valence-electron chi connectivity index (χ1n) is 6.70. The highest BCUT2D eigenvalue weighted by atomic mass is 16.5. The lowest BCUT2D eigenvalue weighted by atomic mass is 10.1. The maximum absolute atomic E-state index is 11.8. The van der Waals surface area contributed by atoms with Crippen molar-refractivity contribution in [3.05, 3.63) is 53.6 Å². The van der Waals surface area contributed by atoms with Crippen LogP contribution in [-0.2, 0) is 6.61 Å². The van der Waals surface area contributed by atoms with Gasteiger partial charge in [0.2, 0.25) is 0 Å². The molecule has 0 radical (unpaired) electrons. The van der Waals surface area contributed by atoms with E-state index < -0.39 is 0 Å². The number of carbonyl (C=O) groups is 1. The number of rotatable bonds is 5. The van der Waals surface area contributed by atoms with Gasteiger partial charge in [-0.25, -0.2) is 0 Å². The highest BCUT2D eigenvalue weighted by Crippen LogP contribution is 2.30. The minimum Gasteiger partial charge on any atom is -0.455 e. The molecule has 4 N–H and O–H groups in total. The van der Waals surface area contributed by atoms with Crippen molar-refractivity contribution in [2.75, 3.05) is 12.3 Å². The number of amides is 1. The van der Waals surface area contributed by atoms with Gasteiger partial charge in [-0.1, -0.05) is 18.2 Å². The number of hydrogen-bond acceptors (Lipinski definition) is 4. The van der Waals surface area contributed by atoms with Gasteiger partial charge in [0.05, 0.1) is 12.3 Å². The number of para-hydroxylation sites is 1. The van der Waals surface area contributed by atoms with Gasteiger partial charge in [-0.05, 0) is 31.2 Å². The van der Waals surface area contributed by atoms with E-state index in [1.54, 1.807) is 36.4 Å². The van der Waals surface area contributed by atoms with Crippen molar-refractivity contribution in [1.29, 1.82) is 0 Å². The molecule has 0 spiro atoms. The fraction of sp³-hybridized carbons (Fsp3) is 0.188. The van der Waals surface area contributed by atoms with E-state index in [0.717, 1.165) is 0 Å². The quantitative estimate of drug-likeness (QED) is 0.736. The average Bonchev–Trinajstić information content (AvgIpc) is 2.50. The summed E-state index contributed by atoms with van der Waals surface area (Å²) < 4.78 is 5.74. The Labute approximate surface area is 123 Å². The summed E-state index contributed by atoms with van der Waals surface area (Å²) in [5, 5.41) is 12.0. The molecule has 2 rings (SSSR count). The fourth-order valence-corrected chi connectivity index (χ4v) is 1.88. The van der Waals surface area contributed by atoms with E-state index in [1.807, 2.05) is 13.0 Å². The van der Waals surface area contributed by atoms with Gasteiger partial charge in [0, 0.05) is 17.7 Å². The molecule has 2 aromatic rings. The Kier molecular flexibility index (Phi) is 4.79. The number of aliphatic hydroxyl groups excluding tert-OH is 1. The minimum absolute atomic E-state index is 0.133. The zero-order valence-corrected chi connectivity index (χ0v) is 11.8. The summed E-state index contributed by atoms with van der Waals surface area (Å²) in [4.78, 5) is 11.8. The number of benzene rings is 2. The summed E-state index contributed by atoms with van der Waals surface area (Å²) in [5.41, 5.74) is 7.44. The number of aliphatic hydroxyl groups is 1. The monoisotopic (exact) mass is 286 g/mol. The molecule has 5 nitrogen and oxygen atoms in total. The standard InChI is InChI=1S/C16H18N2O3/c1-2-18-16(20)11-7-8-13(17)15(9-11)21-14-6-4-3-5-12(14)10-19/h3-9,19H,2,10,17H2,1H3,(H,18,20). The van der Waals surface area contributed by atoms with Gasteiger partial charge < -0.3 is 20.9 Å². The van der Waals surface area contributed by atoms with Crippen molar-refractivity contribution >= 4 is 11.6 Å². The number of nitrogen functional groups attached to an aromatic ring is 1. The lowest BCUT2D eigenvalue weighted by molar-refractivity contribution is 0.0955. The summed E-state index contributed by atoms with van der Waals surface area (Å²) in [5.74, 6) is 0.720. The normalized spacial score (nSPS) is 10.2. The zero-order chi connectivity index (χ0) is 15.2. The highest BCUT2D eigenvalue weighted by molar-refractivity contribution is 5.95. The maximum Gasteiger partial charge on any atom is 0.251 e. The van der Waals surface area contributed by atoms with Crippen LogP contribution in [0, 0.1) is 0 Å². The largest absolute Gasteiger partial charge is 0.455 e. The Morgan fingerprint density at radius 2 is 2.00 bits per heavy atom. The van der Waals surface area contributed by atoms with Gasteiger partial charge >= 0.3 is 0 Å². The molecular formula is C16H18N2O3. The van der Waals surface area contributed by atoms with Crippen LogP contribution in [0.1, 0.15) is 22.8 Å². The van der Waals surface area contributed by atoms with Crippen LogP contribution in [0.3, 0.4) is 0 Å². The molecule has 2 aromatic carbocycles. The zero-order valence-electron chi connectivity index (χ0n) is 11.8. The smallest absolute Gasteiger partial charge is 0.251 e. The SMILES string of the molecule is CCNC(=O)c1ccc(N)c(Oc2ccccc2CO)c1. The number of ether oxygens (including phenoxy) is 1. The number of nitrogens with one attached hydrogen (secondary N) is 1. The third kappa shape index (κ3) is 3.52. The van der Waals surface area contributed by atoms with Gasteiger partial charge in [0.25, 0.3) is 5.91 Å². The molecule has 0 fully saturated rings. The number of anilines is 1. The van der Waals surface area contributed by atoms with Gasteiger partial charge in [0.1, 0.15) is 5.75 Å². The molecule has 0 saturated carbocycles. The molecule has 5 heteroatoms. The molecule has 0 aliphatic carbocycles. The minimum atomic E-state index is -0.183. The van der Waals surface area contributed by atoms with E-state index in [0.29, 0.717) is 34.9 Å². The van der Waals surface area contributed by atoms with Crippen molar-refractivity contribution in [3.63, 3.8) is 0 Å². The lowest BCUT2D eigenvalue weighted by Crippen LogP contribution is -2.22. The first-order valence-corrected chi connectivity index (χ1v) is 6.70. The van der Waals surface area contributed by atoms with Crippen LogP contribution >= 0.6 is 0 Å². The Bertz CT molecular complexity index is 641. The molecule has 0 bridgehead atoms. The number of carbonyl (C=O) groups excluding carboxylic acids is 1. The van der Waals surface area contributed by atoms with Crippen molar-refractivity contribution in [1.82, 2.24) is 5.32 Å². The van der Waals surface area contributed by atoms with Crippen molar-refractivity contribution in [2.45, 2.75) is 13.5 Å². The average molecular weight is 286 g/mol. The van der Waals surface area contributed by atoms with E-state index in [-0.39, 0.29) is 12.5 Å². The Morgan fingerprint density at radius 3 is 2.71 bits per heavy atom. The van der Waals surface area contributed by atoms with Crippen LogP contribution in [0.4, 0.5) is 5.69 Å². The van der Waals surface area contributed by atoms with Crippen LogP contribution in [0.2, 0.25) is 0 Å².